The molecule has 94 valence electrons. The minimum absolute atomic E-state index is 0.586. The van der Waals surface area contributed by atoms with Crippen molar-refractivity contribution < 1.29 is 4.74 Å². The van der Waals surface area contributed by atoms with E-state index in [1.807, 2.05) is 18.2 Å². The highest BCUT2D eigenvalue weighted by Crippen LogP contribution is 2.24. The zero-order valence-electron chi connectivity index (χ0n) is 10.1. The van der Waals surface area contributed by atoms with Crippen molar-refractivity contribution in [2.45, 2.75) is 18.9 Å². The first-order chi connectivity index (χ1) is 8.69. The zero-order valence-corrected chi connectivity index (χ0v) is 13.3. The third-order valence-electron chi connectivity index (χ3n) is 2.64. The lowest BCUT2D eigenvalue weighted by Crippen LogP contribution is -1.98. The van der Waals surface area contributed by atoms with E-state index in [-0.39, 0.29) is 0 Å². The Morgan fingerprint density at radius 3 is 2.67 bits per heavy atom. The van der Waals surface area contributed by atoms with Crippen LogP contribution < -0.4 is 4.74 Å². The number of hydrogen-bond acceptors (Lipinski definition) is 1. The fourth-order valence-corrected chi connectivity index (χ4v) is 2.63. The second-order valence-electron chi connectivity index (χ2n) is 4.16. The van der Waals surface area contributed by atoms with Gasteiger partial charge in [-0.2, -0.15) is 0 Å². The maximum atomic E-state index is 5.87. The van der Waals surface area contributed by atoms with E-state index in [2.05, 4.69) is 63.0 Å². The second-order valence-corrected chi connectivity index (χ2v) is 5.64. The number of benzene rings is 2. The summed E-state index contributed by atoms with van der Waals surface area (Å²) in [5.41, 5.74) is 3.59. The molecular formula is C15H14Br2O. The molecule has 0 fully saturated rings. The molecule has 0 aliphatic heterocycles. The topological polar surface area (TPSA) is 9.23 Å². The molecule has 0 aromatic heterocycles. The molecule has 0 bridgehead atoms. The monoisotopic (exact) mass is 368 g/mol. The van der Waals surface area contributed by atoms with Crippen molar-refractivity contribution in [1.29, 1.82) is 0 Å². The van der Waals surface area contributed by atoms with Crippen molar-refractivity contribution in [3.8, 4) is 5.75 Å². The summed E-state index contributed by atoms with van der Waals surface area (Å²) in [6, 6.07) is 14.4. The molecule has 18 heavy (non-hydrogen) atoms. The van der Waals surface area contributed by atoms with Gasteiger partial charge in [0.1, 0.15) is 12.4 Å². The average Bonchev–Trinajstić information content (AvgIpc) is 2.37. The molecule has 0 saturated carbocycles. The summed E-state index contributed by atoms with van der Waals surface area (Å²) in [5.74, 6) is 0.942. The van der Waals surface area contributed by atoms with Gasteiger partial charge in [0.2, 0.25) is 0 Å². The Balaban J connectivity index is 2.10. The maximum absolute atomic E-state index is 5.87. The average molecular weight is 370 g/mol. The molecule has 0 unspecified atom stereocenters. The van der Waals surface area contributed by atoms with Crippen LogP contribution in [0, 0.1) is 6.92 Å². The van der Waals surface area contributed by atoms with Gasteiger partial charge in [0.15, 0.2) is 0 Å². The van der Waals surface area contributed by atoms with Crippen LogP contribution in [0.5, 0.6) is 5.75 Å². The summed E-state index contributed by atoms with van der Waals surface area (Å²) in [5, 5.41) is 0.808. The van der Waals surface area contributed by atoms with E-state index in [4.69, 9.17) is 4.74 Å². The van der Waals surface area contributed by atoms with Crippen LogP contribution in [0.1, 0.15) is 16.7 Å². The van der Waals surface area contributed by atoms with Crippen molar-refractivity contribution in [1.82, 2.24) is 0 Å². The van der Waals surface area contributed by atoms with Crippen LogP contribution in [-0.4, -0.2) is 0 Å². The van der Waals surface area contributed by atoms with Gasteiger partial charge in [-0.1, -0.05) is 61.7 Å². The zero-order chi connectivity index (χ0) is 13.0. The Bertz CT molecular complexity index is 538. The van der Waals surface area contributed by atoms with Crippen LogP contribution in [0.3, 0.4) is 0 Å². The first-order valence-electron chi connectivity index (χ1n) is 5.72. The molecular weight excluding hydrogens is 356 g/mol. The van der Waals surface area contributed by atoms with Crippen LogP contribution in [0.2, 0.25) is 0 Å². The maximum Gasteiger partial charge on any atom is 0.123 e. The number of ether oxygens (including phenoxy) is 1. The van der Waals surface area contributed by atoms with Gasteiger partial charge in [-0.05, 0) is 30.7 Å². The number of alkyl halides is 1. The largest absolute Gasteiger partial charge is 0.489 e. The van der Waals surface area contributed by atoms with Crippen molar-refractivity contribution in [3.63, 3.8) is 0 Å². The Hall–Kier alpha value is -0.800. The molecule has 2 aromatic carbocycles. The number of aryl methyl sites for hydroxylation is 1. The molecule has 0 amide bonds. The summed E-state index contributed by atoms with van der Waals surface area (Å²) < 4.78 is 6.95. The predicted octanol–water partition coefficient (Wildman–Crippen LogP) is 5.23. The van der Waals surface area contributed by atoms with Crippen LogP contribution >= 0.6 is 31.9 Å². The highest BCUT2D eigenvalue weighted by atomic mass is 79.9. The Kier molecular flexibility index (Phi) is 4.84. The molecule has 2 rings (SSSR count). The van der Waals surface area contributed by atoms with Gasteiger partial charge in [-0.15, -0.1) is 0 Å². The molecule has 0 N–H and O–H groups in total. The summed E-state index contributed by atoms with van der Waals surface area (Å²) >= 11 is 6.96. The molecule has 3 heteroatoms. The first kappa shape index (κ1) is 13.6. The van der Waals surface area contributed by atoms with Crippen molar-refractivity contribution in [2.24, 2.45) is 0 Å². The van der Waals surface area contributed by atoms with Crippen molar-refractivity contribution >= 4 is 31.9 Å². The van der Waals surface area contributed by atoms with Gasteiger partial charge in [0, 0.05) is 15.4 Å². The highest BCUT2D eigenvalue weighted by Gasteiger charge is 2.03. The first-order valence-corrected chi connectivity index (χ1v) is 7.63. The van der Waals surface area contributed by atoms with Gasteiger partial charge in [-0.3, -0.25) is 0 Å². The Morgan fingerprint density at radius 1 is 1.11 bits per heavy atom. The van der Waals surface area contributed by atoms with Crippen molar-refractivity contribution in [3.05, 3.63) is 63.6 Å². The van der Waals surface area contributed by atoms with Crippen LogP contribution in [0.15, 0.2) is 46.9 Å². The molecule has 0 radical (unpaired) electrons. The smallest absolute Gasteiger partial charge is 0.123 e. The molecule has 0 heterocycles. The molecule has 0 aliphatic carbocycles. The van der Waals surface area contributed by atoms with E-state index >= 15 is 0 Å². The fourth-order valence-electron chi connectivity index (χ4n) is 1.74. The molecule has 0 saturated heterocycles. The highest BCUT2D eigenvalue weighted by molar-refractivity contribution is 9.10. The number of rotatable bonds is 4. The summed E-state index contributed by atoms with van der Waals surface area (Å²) in [7, 11) is 0. The normalized spacial score (nSPS) is 10.4. The van der Waals surface area contributed by atoms with E-state index in [1.54, 1.807) is 0 Å². The van der Waals surface area contributed by atoms with E-state index in [1.165, 1.54) is 11.1 Å². The van der Waals surface area contributed by atoms with Crippen LogP contribution in [-0.2, 0) is 11.9 Å². The fraction of sp³-hybridized carbons (Fsp3) is 0.200. The third kappa shape index (κ3) is 3.59. The lowest BCUT2D eigenvalue weighted by atomic mass is 10.1. The van der Waals surface area contributed by atoms with Gasteiger partial charge < -0.3 is 4.74 Å². The Morgan fingerprint density at radius 2 is 1.94 bits per heavy atom. The standard InChI is InChI=1S/C15H14Br2O/c1-11-5-6-15(13(7-11)9-16)18-10-12-3-2-4-14(17)8-12/h2-8H,9-10H2,1H3. The second kappa shape index (κ2) is 6.39. The summed E-state index contributed by atoms with van der Waals surface area (Å²) in [6.07, 6.45) is 0. The number of halogens is 2. The predicted molar refractivity (Wildman–Crippen MR) is 82.3 cm³/mol. The van der Waals surface area contributed by atoms with E-state index in [0.717, 1.165) is 21.1 Å². The van der Waals surface area contributed by atoms with Crippen LogP contribution in [0.4, 0.5) is 0 Å². The molecule has 1 nitrogen and oxygen atoms in total. The van der Waals surface area contributed by atoms with Gasteiger partial charge in [0.05, 0.1) is 0 Å². The van der Waals surface area contributed by atoms with E-state index in [9.17, 15) is 0 Å². The van der Waals surface area contributed by atoms with Gasteiger partial charge >= 0.3 is 0 Å². The van der Waals surface area contributed by atoms with Crippen molar-refractivity contribution in [2.75, 3.05) is 0 Å². The van der Waals surface area contributed by atoms with E-state index < -0.39 is 0 Å². The van der Waals surface area contributed by atoms with Gasteiger partial charge in [0.25, 0.3) is 0 Å². The molecule has 0 spiro atoms. The summed E-state index contributed by atoms with van der Waals surface area (Å²) in [4.78, 5) is 0. The minimum Gasteiger partial charge on any atom is -0.489 e. The lowest BCUT2D eigenvalue weighted by molar-refractivity contribution is 0.304. The van der Waals surface area contributed by atoms with Gasteiger partial charge in [-0.25, -0.2) is 0 Å². The Labute approximate surface area is 124 Å². The quantitative estimate of drug-likeness (QED) is 0.670. The SMILES string of the molecule is Cc1ccc(OCc2cccc(Br)c2)c(CBr)c1. The summed E-state index contributed by atoms with van der Waals surface area (Å²) in [6.45, 7) is 2.67. The molecule has 0 atom stereocenters. The molecule has 2 aromatic rings. The lowest BCUT2D eigenvalue weighted by Gasteiger charge is -2.11. The van der Waals surface area contributed by atoms with Crippen LogP contribution in [0.25, 0.3) is 0 Å². The number of hydrogen-bond donors (Lipinski definition) is 0. The third-order valence-corrected chi connectivity index (χ3v) is 3.74. The van der Waals surface area contributed by atoms with E-state index in [0.29, 0.717) is 6.61 Å². The minimum atomic E-state index is 0.586. The molecule has 0 aliphatic rings.